The highest BCUT2D eigenvalue weighted by atomic mass is 32.1. The maximum absolute atomic E-state index is 13.0. The molecule has 10 nitrogen and oxygen atoms in total. The average molecular weight is 512 g/mol. The highest BCUT2D eigenvalue weighted by molar-refractivity contribution is 7.12. The standard InChI is InChI=1S/C25H29N5O5S/c1-15-21(16(2)29-25(28-15)26-11-5-8-17-7-4-9-18(31)13-17)23(33)30-19(24(34)35-3)14-27-22(32)20-10-6-12-36-20/h4,6-7,9-10,12-13,19,31H,5,8,11,14H2,1-3H3,(H,27,32)(H,30,33)(H,26,28,29)/t19-/m0/s1. The Kier molecular flexibility index (Phi) is 9.34. The summed E-state index contributed by atoms with van der Waals surface area (Å²) in [6.45, 7) is 3.85. The number of thiophene rings is 1. The van der Waals surface area contributed by atoms with Crippen molar-refractivity contribution in [3.8, 4) is 5.75 Å². The molecular formula is C25H29N5O5S. The molecule has 0 radical (unpaired) electrons. The fraction of sp³-hybridized carbons (Fsp3) is 0.320. The lowest BCUT2D eigenvalue weighted by Crippen LogP contribution is -2.49. The predicted molar refractivity (Wildman–Crippen MR) is 136 cm³/mol. The van der Waals surface area contributed by atoms with E-state index in [0.29, 0.717) is 28.8 Å². The molecular weight excluding hydrogens is 482 g/mol. The van der Waals surface area contributed by atoms with Crippen LogP contribution in [-0.2, 0) is 16.0 Å². The Bertz CT molecular complexity index is 1190. The van der Waals surface area contributed by atoms with Crippen molar-refractivity contribution < 1.29 is 24.2 Å². The number of phenolic OH excluding ortho intramolecular Hbond substituents is 1. The molecule has 2 amide bonds. The number of hydrogen-bond donors (Lipinski definition) is 4. The smallest absolute Gasteiger partial charge is 0.330 e. The lowest BCUT2D eigenvalue weighted by atomic mass is 10.1. The van der Waals surface area contributed by atoms with Gasteiger partial charge in [-0.25, -0.2) is 14.8 Å². The monoisotopic (exact) mass is 511 g/mol. The number of aromatic hydroxyl groups is 1. The molecule has 1 atom stereocenters. The maximum atomic E-state index is 13.0. The zero-order chi connectivity index (χ0) is 26.1. The number of nitrogens with one attached hydrogen (secondary N) is 3. The number of phenols is 1. The molecule has 0 aliphatic carbocycles. The molecule has 1 aromatic carbocycles. The van der Waals surface area contributed by atoms with Crippen molar-refractivity contribution in [2.75, 3.05) is 25.5 Å². The Labute approximate surface area is 213 Å². The number of aryl methyl sites for hydroxylation is 3. The molecule has 0 saturated heterocycles. The van der Waals surface area contributed by atoms with Crippen molar-refractivity contribution in [2.24, 2.45) is 0 Å². The van der Waals surface area contributed by atoms with Gasteiger partial charge in [0.15, 0.2) is 0 Å². The summed E-state index contributed by atoms with van der Waals surface area (Å²) in [5.41, 5.74) is 2.17. The molecule has 0 saturated carbocycles. The number of esters is 1. The van der Waals surface area contributed by atoms with Gasteiger partial charge in [0, 0.05) is 13.1 Å². The third kappa shape index (κ3) is 7.25. The van der Waals surface area contributed by atoms with E-state index in [1.54, 1.807) is 49.6 Å². The van der Waals surface area contributed by atoms with Gasteiger partial charge in [-0.2, -0.15) is 0 Å². The van der Waals surface area contributed by atoms with Crippen LogP contribution in [0.2, 0.25) is 0 Å². The van der Waals surface area contributed by atoms with Crippen LogP contribution in [0.3, 0.4) is 0 Å². The van der Waals surface area contributed by atoms with E-state index in [2.05, 4.69) is 25.9 Å². The van der Waals surface area contributed by atoms with Gasteiger partial charge in [0.1, 0.15) is 11.8 Å². The number of benzene rings is 1. The summed E-state index contributed by atoms with van der Waals surface area (Å²) >= 11 is 1.27. The zero-order valence-electron chi connectivity index (χ0n) is 20.3. The molecule has 190 valence electrons. The first-order valence-electron chi connectivity index (χ1n) is 11.4. The summed E-state index contributed by atoms with van der Waals surface area (Å²) in [4.78, 5) is 46.7. The van der Waals surface area contributed by atoms with Crippen LogP contribution in [0.25, 0.3) is 0 Å². The number of carbonyl (C=O) groups is 3. The highest BCUT2D eigenvalue weighted by Crippen LogP contribution is 2.15. The van der Waals surface area contributed by atoms with Crippen LogP contribution in [0.1, 0.15) is 43.4 Å². The summed E-state index contributed by atoms with van der Waals surface area (Å²) in [6.07, 6.45) is 1.57. The second-order valence-electron chi connectivity index (χ2n) is 8.03. The summed E-state index contributed by atoms with van der Waals surface area (Å²) < 4.78 is 4.79. The van der Waals surface area contributed by atoms with Gasteiger partial charge < -0.3 is 25.8 Å². The highest BCUT2D eigenvalue weighted by Gasteiger charge is 2.25. The van der Waals surface area contributed by atoms with Crippen LogP contribution >= 0.6 is 11.3 Å². The van der Waals surface area contributed by atoms with Gasteiger partial charge >= 0.3 is 5.97 Å². The maximum Gasteiger partial charge on any atom is 0.330 e. The van der Waals surface area contributed by atoms with Crippen LogP contribution < -0.4 is 16.0 Å². The van der Waals surface area contributed by atoms with E-state index >= 15 is 0 Å². The van der Waals surface area contributed by atoms with E-state index in [1.807, 2.05) is 6.07 Å². The van der Waals surface area contributed by atoms with Gasteiger partial charge in [-0.05, 0) is 55.8 Å². The van der Waals surface area contributed by atoms with Crippen LogP contribution in [0.15, 0.2) is 41.8 Å². The molecule has 2 heterocycles. The van der Waals surface area contributed by atoms with Crippen molar-refractivity contribution >= 4 is 35.1 Å². The van der Waals surface area contributed by atoms with Gasteiger partial charge in [0.25, 0.3) is 11.8 Å². The third-order valence-electron chi connectivity index (χ3n) is 5.34. The van der Waals surface area contributed by atoms with Crippen LogP contribution in [0.5, 0.6) is 5.75 Å². The first kappa shape index (κ1) is 26.6. The molecule has 0 fully saturated rings. The molecule has 0 aliphatic rings. The van der Waals surface area contributed by atoms with E-state index in [4.69, 9.17) is 4.74 Å². The van der Waals surface area contributed by atoms with Gasteiger partial charge in [-0.15, -0.1) is 11.3 Å². The van der Waals surface area contributed by atoms with Gasteiger partial charge in [0.05, 0.1) is 28.9 Å². The minimum atomic E-state index is -1.08. The van der Waals surface area contributed by atoms with Crippen molar-refractivity contribution in [2.45, 2.75) is 32.7 Å². The predicted octanol–water partition coefficient (Wildman–Crippen LogP) is 2.61. The first-order valence-corrected chi connectivity index (χ1v) is 12.2. The largest absolute Gasteiger partial charge is 0.508 e. The van der Waals surface area contributed by atoms with Crippen LogP contribution in [0, 0.1) is 13.8 Å². The number of rotatable bonds is 11. The molecule has 0 unspecified atom stereocenters. The summed E-state index contributed by atoms with van der Waals surface area (Å²) in [5, 5.41) is 19.7. The molecule has 3 rings (SSSR count). The Hall–Kier alpha value is -3.99. The fourth-order valence-corrected chi connectivity index (χ4v) is 4.22. The van der Waals surface area contributed by atoms with E-state index < -0.39 is 17.9 Å². The Balaban J connectivity index is 1.59. The summed E-state index contributed by atoms with van der Waals surface area (Å²) in [6, 6.07) is 9.45. The van der Waals surface area contributed by atoms with E-state index in [1.165, 1.54) is 18.4 Å². The van der Waals surface area contributed by atoms with E-state index in [9.17, 15) is 19.5 Å². The molecule has 0 aliphatic heterocycles. The topological polar surface area (TPSA) is 143 Å². The number of amides is 2. The van der Waals surface area contributed by atoms with Gasteiger partial charge in [-0.3, -0.25) is 9.59 Å². The van der Waals surface area contributed by atoms with E-state index in [0.717, 1.165) is 18.4 Å². The quantitative estimate of drug-likeness (QED) is 0.227. The molecule has 3 aromatic rings. The number of ether oxygens (including phenoxy) is 1. The number of aromatic nitrogens is 2. The van der Waals surface area contributed by atoms with E-state index in [-0.39, 0.29) is 23.8 Å². The second kappa shape index (κ2) is 12.6. The lowest BCUT2D eigenvalue weighted by Gasteiger charge is -2.18. The number of anilines is 1. The number of nitrogens with zero attached hydrogens (tertiary/aromatic N) is 2. The Morgan fingerprint density at radius 1 is 1.08 bits per heavy atom. The van der Waals surface area contributed by atoms with Crippen molar-refractivity contribution in [1.29, 1.82) is 0 Å². The number of hydrogen-bond acceptors (Lipinski definition) is 9. The molecule has 4 N–H and O–H groups in total. The van der Waals surface area contributed by atoms with Crippen LogP contribution in [0.4, 0.5) is 5.95 Å². The van der Waals surface area contributed by atoms with Gasteiger partial charge in [-0.1, -0.05) is 18.2 Å². The molecule has 36 heavy (non-hydrogen) atoms. The normalized spacial score (nSPS) is 11.4. The zero-order valence-corrected chi connectivity index (χ0v) is 21.1. The van der Waals surface area contributed by atoms with Crippen molar-refractivity contribution in [3.05, 3.63) is 69.2 Å². The SMILES string of the molecule is COC(=O)[C@H](CNC(=O)c1cccs1)NC(=O)c1c(C)nc(NCCCc2cccc(O)c2)nc1C. The molecule has 11 heteroatoms. The third-order valence-corrected chi connectivity index (χ3v) is 6.21. The number of carbonyl (C=O) groups excluding carboxylic acids is 3. The summed E-state index contributed by atoms with van der Waals surface area (Å²) in [5.74, 6) is -0.936. The Morgan fingerprint density at radius 3 is 2.47 bits per heavy atom. The Morgan fingerprint density at radius 2 is 1.83 bits per heavy atom. The molecule has 0 bridgehead atoms. The lowest BCUT2D eigenvalue weighted by molar-refractivity contribution is -0.142. The first-order chi connectivity index (χ1) is 17.3. The second-order valence-corrected chi connectivity index (χ2v) is 8.98. The fourth-order valence-electron chi connectivity index (χ4n) is 3.58. The van der Waals surface area contributed by atoms with Crippen molar-refractivity contribution in [1.82, 2.24) is 20.6 Å². The van der Waals surface area contributed by atoms with Gasteiger partial charge in [0.2, 0.25) is 5.95 Å². The number of methoxy groups -OCH3 is 1. The minimum absolute atomic E-state index is 0.132. The molecule has 0 spiro atoms. The minimum Gasteiger partial charge on any atom is -0.508 e. The van der Waals surface area contributed by atoms with Crippen molar-refractivity contribution in [3.63, 3.8) is 0 Å². The average Bonchev–Trinajstić information content (AvgIpc) is 3.38. The summed E-state index contributed by atoms with van der Waals surface area (Å²) in [7, 11) is 1.21. The van der Waals surface area contributed by atoms with Crippen LogP contribution in [-0.4, -0.2) is 59.1 Å². The molecule has 2 aromatic heterocycles.